The van der Waals surface area contributed by atoms with Gasteiger partial charge in [0.15, 0.2) is 0 Å². The molecule has 4 aromatic carbocycles. The summed E-state index contributed by atoms with van der Waals surface area (Å²) in [7, 11) is -11.1. The summed E-state index contributed by atoms with van der Waals surface area (Å²) in [5.74, 6) is 3.72. The van der Waals surface area contributed by atoms with Crippen LogP contribution in [0.5, 0.6) is 0 Å². The maximum absolute atomic E-state index is 11.8. The zero-order chi connectivity index (χ0) is 51.2. The third-order valence-corrected chi connectivity index (χ3v) is 14.6. The largest absolute Gasteiger partial charge is 0.461 e. The van der Waals surface area contributed by atoms with E-state index in [4.69, 9.17) is 23.4 Å². The van der Waals surface area contributed by atoms with Gasteiger partial charge in [-0.3, -0.25) is 14.8 Å². The summed E-state index contributed by atoms with van der Waals surface area (Å²) in [5.41, 5.74) is 10.3. The lowest BCUT2D eigenvalue weighted by Gasteiger charge is -2.19. The van der Waals surface area contributed by atoms with E-state index in [1.165, 1.54) is 31.0 Å². The third kappa shape index (κ3) is 16.1. The molecule has 378 valence electrons. The second-order valence-electron chi connectivity index (χ2n) is 17.1. The summed E-state index contributed by atoms with van der Waals surface area (Å²) in [4.78, 5) is 10.2. The van der Waals surface area contributed by atoms with Crippen molar-refractivity contribution in [2.45, 2.75) is 105 Å². The van der Waals surface area contributed by atoms with Crippen LogP contribution in [0, 0.1) is 10.1 Å². The number of nitrogen functional groups attached to an aromatic ring is 1. The summed E-state index contributed by atoms with van der Waals surface area (Å²) in [5, 5.41) is 14.1. The van der Waals surface area contributed by atoms with Crippen LogP contribution in [-0.4, -0.2) is 48.9 Å². The number of benzene rings is 4. The van der Waals surface area contributed by atoms with Crippen LogP contribution >= 0.6 is 0 Å². The van der Waals surface area contributed by atoms with Crippen molar-refractivity contribution in [1.29, 1.82) is 0 Å². The fraction of sp³-hybridized carbons (Fsp3) is 0.373. The molecular formula is C51H64N4O12S3. The number of furan rings is 4. The van der Waals surface area contributed by atoms with Gasteiger partial charge in [0.2, 0.25) is 30.1 Å². The second kappa shape index (κ2) is 24.5. The van der Waals surface area contributed by atoms with E-state index in [2.05, 4.69) is 38.5 Å². The molecule has 0 saturated carbocycles. The molecule has 0 unspecified atom stereocenters. The Hall–Kier alpha value is -6.31. The molecule has 0 radical (unpaired) electrons. The van der Waals surface area contributed by atoms with Gasteiger partial charge in [-0.15, -0.1) is 0 Å². The molecule has 0 fully saturated rings. The first-order valence-corrected chi connectivity index (χ1v) is 28.9. The van der Waals surface area contributed by atoms with Crippen LogP contribution in [0.2, 0.25) is 0 Å². The molecule has 3 N–H and O–H groups in total. The van der Waals surface area contributed by atoms with Gasteiger partial charge >= 0.3 is 0 Å². The molecule has 8 aromatic rings. The van der Waals surface area contributed by atoms with Gasteiger partial charge in [0.1, 0.15) is 45.4 Å². The number of aryl methyl sites for hydroxylation is 4. The van der Waals surface area contributed by atoms with Gasteiger partial charge in [-0.25, -0.2) is 25.3 Å². The van der Waals surface area contributed by atoms with E-state index in [1.54, 1.807) is 36.4 Å². The molecule has 0 aliphatic heterocycles. The minimum Gasteiger partial charge on any atom is -0.461 e. The Labute approximate surface area is 410 Å². The predicted octanol–water partition coefficient (Wildman–Crippen LogP) is 12.7. The average Bonchev–Trinajstić information content (AvgIpc) is 4.09. The summed E-state index contributed by atoms with van der Waals surface area (Å²) in [6, 6.07) is 28.0. The monoisotopic (exact) mass is 1020 g/mol. The van der Waals surface area contributed by atoms with Crippen molar-refractivity contribution in [2.75, 3.05) is 32.9 Å². The number of fused-ring (bicyclic) bond motifs is 4. The molecule has 0 atom stereocenters. The molecule has 0 aliphatic carbocycles. The second-order valence-corrected chi connectivity index (χ2v) is 22.8. The fourth-order valence-electron chi connectivity index (χ4n) is 7.42. The highest BCUT2D eigenvalue weighted by atomic mass is 32.3. The number of nitro groups is 1. The maximum atomic E-state index is 11.8. The lowest BCUT2D eigenvalue weighted by Crippen LogP contribution is -2.35. The number of nitrogens with one attached hydrogen (secondary N) is 1. The minimum absolute atomic E-state index is 0.0836. The Bertz CT molecular complexity index is 3320. The van der Waals surface area contributed by atoms with Crippen molar-refractivity contribution in [3.8, 4) is 0 Å². The zero-order valence-corrected chi connectivity index (χ0v) is 43.3. The number of nitrogens with two attached hydrogens (primary N) is 1. The van der Waals surface area contributed by atoms with E-state index in [0.717, 1.165) is 145 Å². The summed E-state index contributed by atoms with van der Waals surface area (Å²) < 4.78 is 94.9. The Morgan fingerprint density at radius 1 is 0.514 bits per heavy atom. The number of unbranched alkanes of at least 4 members (excludes halogenated alkanes) is 4. The third-order valence-electron chi connectivity index (χ3n) is 10.7. The van der Waals surface area contributed by atoms with Crippen molar-refractivity contribution in [3.05, 3.63) is 130 Å². The number of sulfonamides is 3. The molecule has 4 aromatic heterocycles. The number of anilines is 3. The van der Waals surface area contributed by atoms with Gasteiger partial charge in [0.25, 0.3) is 5.69 Å². The van der Waals surface area contributed by atoms with E-state index < -0.39 is 35.0 Å². The Balaban J connectivity index is 0.000000176. The molecule has 0 spiro atoms. The van der Waals surface area contributed by atoms with Gasteiger partial charge in [-0.2, -0.15) is 3.71 Å². The SMILES string of the molecule is CCCCc1cc2cc(N(S(C)(=O)=O)S(C)(=O)=O)ccc2o1.CCCCc1cc2cc(N)ccc2o1.CCCCc1cc2cc(NS(C)(=O)=O)ccc2o1.CCCCc1cc2cc([N+](=O)[O-])ccc2o1. The Morgan fingerprint density at radius 3 is 1.29 bits per heavy atom. The molecule has 4 heterocycles. The van der Waals surface area contributed by atoms with Gasteiger partial charge in [0, 0.05) is 70.7 Å². The van der Waals surface area contributed by atoms with Crippen molar-refractivity contribution in [3.63, 3.8) is 0 Å². The van der Waals surface area contributed by atoms with E-state index in [-0.39, 0.29) is 11.4 Å². The zero-order valence-electron chi connectivity index (χ0n) is 40.8. The minimum atomic E-state index is -3.94. The fourth-order valence-corrected chi connectivity index (χ4v) is 10.9. The van der Waals surface area contributed by atoms with Crippen LogP contribution in [0.3, 0.4) is 0 Å². The Kier molecular flexibility index (Phi) is 19.1. The van der Waals surface area contributed by atoms with Crippen molar-refractivity contribution >= 4 is 96.7 Å². The maximum Gasteiger partial charge on any atom is 0.270 e. The van der Waals surface area contributed by atoms with Crippen LogP contribution in [-0.2, 0) is 55.8 Å². The lowest BCUT2D eigenvalue weighted by molar-refractivity contribution is -0.384. The van der Waals surface area contributed by atoms with Gasteiger partial charge in [-0.05, 0) is 111 Å². The highest BCUT2D eigenvalue weighted by Crippen LogP contribution is 2.30. The standard InChI is InChI=1S/C14H19NO5S2.C13H17NO3S.C12H13NO3.C12H15NO/c1-4-5-6-13-10-11-9-12(7-8-14(11)20-13)15(21(2,16)17)22(3,18)19;1-3-4-5-12-9-10-8-11(14-18(2,15)16)6-7-13(10)17-12;1-2-3-4-11-8-9-7-10(13(14)15)5-6-12(9)16-11;1-2-3-4-11-8-9-7-10(13)5-6-12(9)14-11/h7-10H,4-6H2,1-3H3;6-9,14H,3-5H2,1-2H3;5-8H,2-4H2,1H3;5-8H,2-4,13H2,1H3. The topological polar surface area (TPSA) is 239 Å². The van der Waals surface area contributed by atoms with E-state index in [9.17, 15) is 35.4 Å². The molecule has 16 nitrogen and oxygen atoms in total. The number of hydrogen-bond acceptors (Lipinski definition) is 13. The van der Waals surface area contributed by atoms with Crippen LogP contribution in [0.25, 0.3) is 43.9 Å². The molecule has 70 heavy (non-hydrogen) atoms. The van der Waals surface area contributed by atoms with Crippen LogP contribution in [0.1, 0.15) is 102 Å². The quantitative estimate of drug-likeness (QED) is 0.0462. The summed E-state index contributed by atoms with van der Waals surface area (Å²) in [6.45, 7) is 8.52. The first-order valence-electron chi connectivity index (χ1n) is 23.3. The Morgan fingerprint density at radius 2 is 0.886 bits per heavy atom. The molecular weight excluding hydrogens is 957 g/mol. The van der Waals surface area contributed by atoms with Gasteiger partial charge < -0.3 is 23.4 Å². The summed E-state index contributed by atoms with van der Waals surface area (Å²) in [6.07, 6.45) is 15.3. The van der Waals surface area contributed by atoms with Crippen molar-refractivity contribution in [2.24, 2.45) is 0 Å². The van der Waals surface area contributed by atoms with E-state index in [1.807, 2.05) is 36.4 Å². The highest BCUT2D eigenvalue weighted by Gasteiger charge is 2.27. The molecule has 0 saturated heterocycles. The van der Waals surface area contributed by atoms with E-state index in [0.29, 0.717) is 20.4 Å². The number of non-ortho nitro benzene ring substituents is 1. The highest BCUT2D eigenvalue weighted by molar-refractivity contribution is 8.09. The molecule has 19 heteroatoms. The number of rotatable bonds is 18. The lowest BCUT2D eigenvalue weighted by atomic mass is 10.2. The molecule has 0 amide bonds. The number of nitrogens with zero attached hydrogens (tertiary/aromatic N) is 2. The first kappa shape index (κ1) is 54.6. The van der Waals surface area contributed by atoms with Gasteiger partial charge in [0.05, 0.1) is 29.4 Å². The number of hydrogen-bond donors (Lipinski definition) is 2. The van der Waals surface area contributed by atoms with Gasteiger partial charge in [-0.1, -0.05) is 53.4 Å². The van der Waals surface area contributed by atoms with Crippen LogP contribution in [0.4, 0.5) is 22.7 Å². The van der Waals surface area contributed by atoms with Crippen LogP contribution < -0.4 is 14.2 Å². The molecule has 0 aliphatic rings. The molecule has 8 rings (SSSR count). The normalized spacial score (nSPS) is 11.7. The number of nitro benzene ring substituents is 1. The first-order chi connectivity index (χ1) is 33.1. The average molecular weight is 1020 g/mol. The molecule has 0 bridgehead atoms. The predicted molar refractivity (Wildman–Crippen MR) is 281 cm³/mol. The van der Waals surface area contributed by atoms with Crippen molar-refractivity contribution in [1.82, 2.24) is 0 Å². The van der Waals surface area contributed by atoms with E-state index >= 15 is 0 Å². The van der Waals surface area contributed by atoms with Crippen LogP contribution in [0.15, 0.2) is 115 Å². The van der Waals surface area contributed by atoms with Crippen molar-refractivity contribution < 1.29 is 47.8 Å². The smallest absolute Gasteiger partial charge is 0.270 e. The summed E-state index contributed by atoms with van der Waals surface area (Å²) >= 11 is 0.